The zero-order chi connectivity index (χ0) is 12.3. The Morgan fingerprint density at radius 3 is 3.18 bits per heavy atom. The first-order valence-electron chi connectivity index (χ1n) is 5.34. The van der Waals surface area contributed by atoms with Gasteiger partial charge in [0.25, 0.3) is 0 Å². The van der Waals surface area contributed by atoms with E-state index in [1.165, 1.54) is 6.33 Å². The van der Waals surface area contributed by atoms with Crippen molar-refractivity contribution in [2.45, 2.75) is 13.3 Å². The number of carbonyl (C=O) groups is 1. The van der Waals surface area contributed by atoms with Crippen LogP contribution in [0.4, 0.5) is 5.82 Å². The highest BCUT2D eigenvalue weighted by molar-refractivity contribution is 6.31. The van der Waals surface area contributed by atoms with Gasteiger partial charge in [-0.05, 0) is 19.4 Å². The molecule has 0 aromatic carbocycles. The number of nitrogens with zero attached hydrogens (tertiary/aromatic N) is 2. The molecule has 0 fully saturated rings. The van der Waals surface area contributed by atoms with Crippen LogP contribution in [0, 0.1) is 0 Å². The molecule has 2 heterocycles. The van der Waals surface area contributed by atoms with Gasteiger partial charge in [0.2, 0.25) is 0 Å². The van der Waals surface area contributed by atoms with Crippen molar-refractivity contribution in [3.63, 3.8) is 0 Å². The number of hydrogen-bond donors (Lipinski definition) is 1. The predicted octanol–water partition coefficient (Wildman–Crippen LogP) is 1.89. The van der Waals surface area contributed by atoms with Gasteiger partial charge in [-0.15, -0.1) is 0 Å². The Morgan fingerprint density at radius 1 is 1.59 bits per heavy atom. The van der Waals surface area contributed by atoms with Crippen LogP contribution in [-0.2, 0) is 9.53 Å². The number of esters is 1. The second kappa shape index (κ2) is 5.14. The summed E-state index contributed by atoms with van der Waals surface area (Å²) in [4.78, 5) is 19.6. The van der Waals surface area contributed by atoms with Crippen LogP contribution < -0.4 is 5.32 Å². The molecule has 1 aromatic heterocycles. The van der Waals surface area contributed by atoms with E-state index in [0.717, 1.165) is 0 Å². The van der Waals surface area contributed by atoms with Crippen molar-refractivity contribution in [1.29, 1.82) is 0 Å². The van der Waals surface area contributed by atoms with Gasteiger partial charge < -0.3 is 10.1 Å². The average Bonchev–Trinajstić information content (AvgIpc) is 2.52. The maximum atomic E-state index is 11.7. The number of rotatable bonds is 2. The van der Waals surface area contributed by atoms with Gasteiger partial charge in [-0.1, -0.05) is 11.6 Å². The number of hydrogen-bond acceptors (Lipinski definition) is 5. The quantitative estimate of drug-likeness (QED) is 0.644. The van der Waals surface area contributed by atoms with Crippen molar-refractivity contribution < 1.29 is 9.53 Å². The molecule has 2 rings (SSSR count). The largest absolute Gasteiger partial charge is 0.463 e. The Morgan fingerprint density at radius 2 is 2.41 bits per heavy atom. The first-order chi connectivity index (χ1) is 8.22. The van der Waals surface area contributed by atoms with Crippen LogP contribution >= 0.6 is 11.6 Å². The Hall–Kier alpha value is -1.62. The molecule has 90 valence electrons. The summed E-state index contributed by atoms with van der Waals surface area (Å²) >= 11 is 5.97. The molecule has 1 aliphatic heterocycles. The van der Waals surface area contributed by atoms with Gasteiger partial charge in [-0.25, -0.2) is 14.8 Å². The maximum Gasteiger partial charge on any atom is 0.334 e. The van der Waals surface area contributed by atoms with E-state index in [1.54, 1.807) is 13.0 Å². The predicted molar refractivity (Wildman–Crippen MR) is 64.8 cm³/mol. The van der Waals surface area contributed by atoms with E-state index < -0.39 is 0 Å². The first kappa shape index (κ1) is 11.9. The molecule has 17 heavy (non-hydrogen) atoms. The van der Waals surface area contributed by atoms with E-state index in [2.05, 4.69) is 15.3 Å². The lowest BCUT2D eigenvalue weighted by molar-refractivity contribution is -0.138. The molecule has 1 aromatic rings. The second-order valence-electron chi connectivity index (χ2n) is 3.49. The molecule has 1 N–H and O–H groups in total. The molecule has 0 saturated carbocycles. The zero-order valence-electron chi connectivity index (χ0n) is 9.36. The molecule has 0 bridgehead atoms. The minimum Gasteiger partial charge on any atom is -0.463 e. The smallest absolute Gasteiger partial charge is 0.334 e. The van der Waals surface area contributed by atoms with E-state index in [4.69, 9.17) is 16.3 Å². The van der Waals surface area contributed by atoms with Crippen LogP contribution in [0.2, 0.25) is 5.15 Å². The van der Waals surface area contributed by atoms with E-state index >= 15 is 0 Å². The Labute approximate surface area is 104 Å². The van der Waals surface area contributed by atoms with Gasteiger partial charge in [0.1, 0.15) is 17.3 Å². The summed E-state index contributed by atoms with van der Waals surface area (Å²) in [6, 6.07) is 0. The van der Waals surface area contributed by atoms with Gasteiger partial charge in [0.05, 0.1) is 12.2 Å². The van der Waals surface area contributed by atoms with Crippen molar-refractivity contribution in [2.24, 2.45) is 0 Å². The number of nitrogens with one attached hydrogen (secondary N) is 1. The van der Waals surface area contributed by atoms with E-state index in [9.17, 15) is 4.79 Å². The summed E-state index contributed by atoms with van der Waals surface area (Å²) in [6.07, 6.45) is 3.65. The summed E-state index contributed by atoms with van der Waals surface area (Å²) in [6.45, 7) is 2.75. The van der Waals surface area contributed by atoms with Crippen molar-refractivity contribution in [3.8, 4) is 0 Å². The standard InChI is InChI=1S/C11H12ClN3O2/c1-2-17-11(16)7-3-4-13-10-8(5-7)9(12)14-6-15-10/h5-6H,2-4H2,1H3,(H,13,14,15). The van der Waals surface area contributed by atoms with Crippen LogP contribution in [0.1, 0.15) is 18.9 Å². The van der Waals surface area contributed by atoms with Crippen LogP contribution in [0.5, 0.6) is 0 Å². The fraction of sp³-hybridized carbons (Fsp3) is 0.364. The van der Waals surface area contributed by atoms with E-state index in [-0.39, 0.29) is 5.97 Å². The molecule has 0 radical (unpaired) electrons. The lowest BCUT2D eigenvalue weighted by atomic mass is 10.1. The molecule has 0 saturated heterocycles. The number of ether oxygens (including phenoxy) is 1. The average molecular weight is 254 g/mol. The van der Waals surface area contributed by atoms with E-state index in [0.29, 0.717) is 41.7 Å². The minimum absolute atomic E-state index is 0.318. The number of aromatic nitrogens is 2. The van der Waals surface area contributed by atoms with Crippen LogP contribution in [-0.4, -0.2) is 29.1 Å². The van der Waals surface area contributed by atoms with Crippen LogP contribution in [0.25, 0.3) is 6.08 Å². The monoisotopic (exact) mass is 253 g/mol. The Balaban J connectivity index is 2.38. The number of carbonyl (C=O) groups excluding carboxylic acids is 1. The fourth-order valence-corrected chi connectivity index (χ4v) is 1.78. The molecule has 0 spiro atoms. The van der Waals surface area contributed by atoms with E-state index in [1.807, 2.05) is 0 Å². The van der Waals surface area contributed by atoms with Crippen molar-refractivity contribution in [3.05, 3.63) is 22.6 Å². The third-order valence-electron chi connectivity index (χ3n) is 2.38. The lowest BCUT2D eigenvalue weighted by Crippen LogP contribution is -2.10. The van der Waals surface area contributed by atoms with Crippen molar-refractivity contribution in [2.75, 3.05) is 18.5 Å². The molecule has 5 nitrogen and oxygen atoms in total. The maximum absolute atomic E-state index is 11.7. The fourth-order valence-electron chi connectivity index (χ4n) is 1.59. The summed E-state index contributed by atoms with van der Waals surface area (Å²) in [7, 11) is 0. The van der Waals surface area contributed by atoms with Crippen LogP contribution in [0.15, 0.2) is 11.9 Å². The van der Waals surface area contributed by atoms with Gasteiger partial charge in [-0.3, -0.25) is 0 Å². The first-order valence-corrected chi connectivity index (χ1v) is 5.72. The lowest BCUT2D eigenvalue weighted by Gasteiger charge is -2.04. The van der Waals surface area contributed by atoms with Crippen molar-refractivity contribution in [1.82, 2.24) is 9.97 Å². The van der Waals surface area contributed by atoms with Gasteiger partial charge in [0.15, 0.2) is 0 Å². The van der Waals surface area contributed by atoms with Crippen molar-refractivity contribution >= 4 is 29.5 Å². The Kier molecular flexibility index (Phi) is 3.58. The highest BCUT2D eigenvalue weighted by Crippen LogP contribution is 2.26. The minimum atomic E-state index is -0.318. The molecule has 1 aliphatic rings. The van der Waals surface area contributed by atoms with Crippen LogP contribution in [0.3, 0.4) is 0 Å². The third kappa shape index (κ3) is 2.55. The zero-order valence-corrected chi connectivity index (χ0v) is 10.1. The van der Waals surface area contributed by atoms with Gasteiger partial charge in [0, 0.05) is 12.1 Å². The molecule has 0 unspecified atom stereocenters. The SMILES string of the molecule is CCOC(=O)C1=Cc2c(Cl)ncnc2NCC1. The third-order valence-corrected chi connectivity index (χ3v) is 2.68. The summed E-state index contributed by atoms with van der Waals surface area (Å²) in [5.74, 6) is 0.325. The highest BCUT2D eigenvalue weighted by Gasteiger charge is 2.17. The number of anilines is 1. The highest BCUT2D eigenvalue weighted by atomic mass is 35.5. The number of halogens is 1. The molecule has 0 atom stereocenters. The molecule has 0 amide bonds. The van der Waals surface area contributed by atoms with Gasteiger partial charge in [-0.2, -0.15) is 0 Å². The summed E-state index contributed by atoms with van der Waals surface area (Å²) < 4.78 is 4.97. The summed E-state index contributed by atoms with van der Waals surface area (Å²) in [5.41, 5.74) is 1.21. The molecular formula is C11H12ClN3O2. The summed E-state index contributed by atoms with van der Waals surface area (Å²) in [5, 5.41) is 3.42. The number of fused-ring (bicyclic) bond motifs is 1. The molecule has 0 aliphatic carbocycles. The Bertz CT molecular complexity index is 474. The van der Waals surface area contributed by atoms with Gasteiger partial charge >= 0.3 is 5.97 Å². The normalized spacial score (nSPS) is 14.1. The molecular weight excluding hydrogens is 242 g/mol. The second-order valence-corrected chi connectivity index (χ2v) is 3.85. The topological polar surface area (TPSA) is 64.1 Å². The molecule has 6 heteroatoms.